The molecule has 0 saturated carbocycles. The first-order chi connectivity index (χ1) is 8.96. The summed E-state index contributed by atoms with van der Waals surface area (Å²) in [6, 6.07) is 5.66. The predicted molar refractivity (Wildman–Crippen MR) is 65.8 cm³/mol. The lowest BCUT2D eigenvalue weighted by Crippen LogP contribution is -2.28. The number of rotatable bonds is 3. The highest BCUT2D eigenvalue weighted by molar-refractivity contribution is 5.77. The van der Waals surface area contributed by atoms with E-state index < -0.39 is 18.5 Å². The average molecular weight is 272 g/mol. The van der Waals surface area contributed by atoms with Gasteiger partial charge < -0.3 is 10.6 Å². The summed E-state index contributed by atoms with van der Waals surface area (Å²) in [5, 5.41) is 5.54. The largest absolute Gasteiger partial charge is 0.397 e. The second kappa shape index (κ2) is 5.50. The molecule has 1 amide bonds. The van der Waals surface area contributed by atoms with Gasteiger partial charge in [-0.15, -0.1) is 0 Å². The highest BCUT2D eigenvalue weighted by Gasteiger charge is 2.31. The molecule has 0 radical (unpaired) electrons. The summed E-state index contributed by atoms with van der Waals surface area (Å²) in [7, 11) is 0. The van der Waals surface area contributed by atoms with Crippen LogP contribution in [0, 0.1) is 0 Å². The molecule has 0 fully saturated rings. The molecule has 0 bridgehead atoms. The van der Waals surface area contributed by atoms with Crippen LogP contribution in [0.3, 0.4) is 0 Å². The number of benzene rings is 1. The first-order valence-electron chi connectivity index (χ1n) is 6.14. The van der Waals surface area contributed by atoms with Crippen molar-refractivity contribution in [3.05, 3.63) is 29.3 Å². The second-order valence-corrected chi connectivity index (χ2v) is 4.55. The highest BCUT2D eigenvalue weighted by atomic mass is 19.4. The van der Waals surface area contributed by atoms with Crippen molar-refractivity contribution >= 4 is 11.6 Å². The number of aryl methyl sites for hydroxylation is 1. The molecule has 104 valence electrons. The van der Waals surface area contributed by atoms with Crippen molar-refractivity contribution < 1.29 is 18.0 Å². The molecular weight excluding hydrogens is 257 g/mol. The molecule has 19 heavy (non-hydrogen) atoms. The van der Waals surface area contributed by atoms with E-state index in [-0.39, 0.29) is 6.54 Å². The van der Waals surface area contributed by atoms with Gasteiger partial charge in [-0.1, -0.05) is 18.2 Å². The first-order valence-corrected chi connectivity index (χ1v) is 6.14. The number of hydrogen-bond acceptors (Lipinski definition) is 2. The summed E-state index contributed by atoms with van der Waals surface area (Å²) in [6.07, 6.45) is -3.91. The van der Waals surface area contributed by atoms with Gasteiger partial charge in [-0.3, -0.25) is 4.79 Å². The van der Waals surface area contributed by atoms with Crippen LogP contribution in [0.1, 0.15) is 24.0 Å². The first kappa shape index (κ1) is 13.7. The van der Waals surface area contributed by atoms with Crippen LogP contribution >= 0.6 is 0 Å². The van der Waals surface area contributed by atoms with Crippen LogP contribution in [0.15, 0.2) is 18.2 Å². The number of anilines is 1. The Morgan fingerprint density at radius 1 is 1.37 bits per heavy atom. The lowest BCUT2D eigenvalue weighted by molar-refractivity contribution is -0.153. The van der Waals surface area contributed by atoms with Gasteiger partial charge in [-0.25, -0.2) is 0 Å². The van der Waals surface area contributed by atoms with E-state index in [1.165, 1.54) is 0 Å². The van der Waals surface area contributed by atoms with Crippen molar-refractivity contribution in [1.29, 1.82) is 0 Å². The third-order valence-electron chi connectivity index (χ3n) is 3.00. The molecule has 0 unspecified atom stereocenters. The van der Waals surface area contributed by atoms with Crippen molar-refractivity contribution in [1.82, 2.24) is 5.32 Å². The molecule has 0 aliphatic carbocycles. The standard InChI is InChI=1S/C13H15F3N2O/c14-13(15,16)7-11(19)18-8-10-4-1-3-9-5-2-6-17-12(9)10/h1,3-4,17H,2,5-8H2,(H,18,19). The smallest absolute Gasteiger partial charge is 0.385 e. The van der Waals surface area contributed by atoms with Gasteiger partial charge in [0.05, 0.1) is 0 Å². The van der Waals surface area contributed by atoms with Crippen LogP contribution in [-0.2, 0) is 17.8 Å². The summed E-state index contributed by atoms with van der Waals surface area (Å²) in [5.41, 5.74) is 2.92. The number of para-hydroxylation sites is 1. The van der Waals surface area contributed by atoms with Gasteiger partial charge in [0.1, 0.15) is 6.42 Å². The number of halogens is 3. The van der Waals surface area contributed by atoms with E-state index in [9.17, 15) is 18.0 Å². The van der Waals surface area contributed by atoms with Crippen LogP contribution in [-0.4, -0.2) is 18.6 Å². The lowest BCUT2D eigenvalue weighted by Gasteiger charge is -2.21. The maximum Gasteiger partial charge on any atom is 0.397 e. The number of hydrogen-bond donors (Lipinski definition) is 2. The zero-order chi connectivity index (χ0) is 13.9. The van der Waals surface area contributed by atoms with E-state index in [0.717, 1.165) is 36.2 Å². The summed E-state index contributed by atoms with van der Waals surface area (Å²) >= 11 is 0. The fourth-order valence-corrected chi connectivity index (χ4v) is 2.17. The molecule has 0 aromatic heterocycles. The molecule has 3 nitrogen and oxygen atoms in total. The van der Waals surface area contributed by atoms with Crippen LogP contribution in [0.25, 0.3) is 0 Å². The minimum atomic E-state index is -4.46. The molecule has 1 aromatic carbocycles. The Morgan fingerprint density at radius 3 is 2.89 bits per heavy atom. The molecular formula is C13H15F3N2O. The maximum atomic E-state index is 12.0. The lowest BCUT2D eigenvalue weighted by atomic mass is 9.99. The van der Waals surface area contributed by atoms with Crippen molar-refractivity contribution in [3.8, 4) is 0 Å². The molecule has 6 heteroatoms. The van der Waals surface area contributed by atoms with E-state index in [1.54, 1.807) is 0 Å². The zero-order valence-corrected chi connectivity index (χ0v) is 10.3. The van der Waals surface area contributed by atoms with Gasteiger partial charge in [0, 0.05) is 18.8 Å². The Morgan fingerprint density at radius 2 is 2.16 bits per heavy atom. The van der Waals surface area contributed by atoms with Crippen molar-refractivity contribution in [2.75, 3.05) is 11.9 Å². The Labute approximate surface area is 109 Å². The summed E-state index contributed by atoms with van der Waals surface area (Å²) in [6.45, 7) is 0.964. The van der Waals surface area contributed by atoms with Gasteiger partial charge in [-0.2, -0.15) is 13.2 Å². The molecule has 1 aliphatic heterocycles. The van der Waals surface area contributed by atoms with Crippen LogP contribution in [0.5, 0.6) is 0 Å². The molecule has 2 rings (SSSR count). The summed E-state index contributed by atoms with van der Waals surface area (Å²) in [4.78, 5) is 11.1. The van der Waals surface area contributed by atoms with Gasteiger partial charge in [0.2, 0.25) is 5.91 Å². The summed E-state index contributed by atoms with van der Waals surface area (Å²) < 4.78 is 36.1. The van der Waals surface area contributed by atoms with E-state index in [4.69, 9.17) is 0 Å². The predicted octanol–water partition coefficient (Wildman–Crippen LogP) is 2.61. The average Bonchev–Trinajstić information content (AvgIpc) is 2.34. The molecule has 0 atom stereocenters. The number of carbonyl (C=O) groups excluding carboxylic acids is 1. The fraction of sp³-hybridized carbons (Fsp3) is 0.462. The van der Waals surface area contributed by atoms with Crippen LogP contribution in [0.2, 0.25) is 0 Å². The van der Waals surface area contributed by atoms with Crippen LogP contribution in [0.4, 0.5) is 18.9 Å². The van der Waals surface area contributed by atoms with Gasteiger partial charge in [0.15, 0.2) is 0 Å². The molecule has 1 aromatic rings. The third-order valence-corrected chi connectivity index (χ3v) is 3.00. The molecule has 1 heterocycles. The third kappa shape index (κ3) is 3.87. The van der Waals surface area contributed by atoms with Gasteiger partial charge in [-0.05, 0) is 24.0 Å². The Kier molecular flexibility index (Phi) is 3.97. The van der Waals surface area contributed by atoms with E-state index >= 15 is 0 Å². The topological polar surface area (TPSA) is 41.1 Å². The van der Waals surface area contributed by atoms with Crippen molar-refractivity contribution in [2.24, 2.45) is 0 Å². The Hall–Kier alpha value is -1.72. The van der Waals surface area contributed by atoms with Gasteiger partial charge in [0.25, 0.3) is 0 Å². The quantitative estimate of drug-likeness (QED) is 0.888. The Balaban J connectivity index is 1.98. The number of nitrogens with one attached hydrogen (secondary N) is 2. The highest BCUT2D eigenvalue weighted by Crippen LogP contribution is 2.26. The minimum absolute atomic E-state index is 0.116. The number of amides is 1. The minimum Gasteiger partial charge on any atom is -0.385 e. The number of carbonyl (C=O) groups is 1. The van der Waals surface area contributed by atoms with Crippen molar-refractivity contribution in [3.63, 3.8) is 0 Å². The monoisotopic (exact) mass is 272 g/mol. The SMILES string of the molecule is O=C(CC(F)(F)F)NCc1cccc2c1NCCC2. The summed E-state index contributed by atoms with van der Waals surface area (Å²) in [5.74, 6) is -0.999. The fourth-order valence-electron chi connectivity index (χ4n) is 2.17. The maximum absolute atomic E-state index is 12.0. The zero-order valence-electron chi connectivity index (χ0n) is 10.3. The normalized spacial score (nSPS) is 14.5. The Bertz CT molecular complexity index is 471. The van der Waals surface area contributed by atoms with E-state index in [2.05, 4.69) is 10.6 Å². The van der Waals surface area contributed by atoms with Gasteiger partial charge >= 0.3 is 6.18 Å². The number of alkyl halides is 3. The molecule has 2 N–H and O–H groups in total. The molecule has 0 spiro atoms. The molecule has 0 saturated heterocycles. The second-order valence-electron chi connectivity index (χ2n) is 4.55. The molecule has 1 aliphatic rings. The van der Waals surface area contributed by atoms with Crippen molar-refractivity contribution in [2.45, 2.75) is 32.0 Å². The van der Waals surface area contributed by atoms with E-state index in [1.807, 2.05) is 18.2 Å². The van der Waals surface area contributed by atoms with Crippen LogP contribution < -0.4 is 10.6 Å². The number of fused-ring (bicyclic) bond motifs is 1. The van der Waals surface area contributed by atoms with E-state index in [0.29, 0.717) is 0 Å².